The molecule has 0 bridgehead atoms. The highest BCUT2D eigenvalue weighted by Gasteiger charge is 2.31. The molecule has 0 aromatic heterocycles. The lowest BCUT2D eigenvalue weighted by molar-refractivity contribution is -0.123. The largest absolute Gasteiger partial charge is 0.352 e. The molecule has 132 valence electrons. The van der Waals surface area contributed by atoms with Crippen LogP contribution in [-0.2, 0) is 21.1 Å². The van der Waals surface area contributed by atoms with Gasteiger partial charge in [-0.15, -0.1) is 0 Å². The number of halogens is 1. The van der Waals surface area contributed by atoms with Crippen LogP contribution in [0.25, 0.3) is 0 Å². The molecule has 3 rings (SSSR count). The number of carbonyl (C=O) groups excluding carboxylic acids is 1. The van der Waals surface area contributed by atoms with Crippen LogP contribution in [0.4, 0.5) is 0 Å². The first-order chi connectivity index (χ1) is 11.9. The number of nitrogens with one attached hydrogen (secondary N) is 1. The predicted octanol–water partition coefficient (Wildman–Crippen LogP) is 2.97. The van der Waals surface area contributed by atoms with E-state index in [9.17, 15) is 13.2 Å². The Hall–Kier alpha value is -1.85. The number of sulfone groups is 1. The molecule has 1 amide bonds. The third-order valence-electron chi connectivity index (χ3n) is 4.45. The summed E-state index contributed by atoms with van der Waals surface area (Å²) in [7, 11) is -3.03. The van der Waals surface area contributed by atoms with Crippen LogP contribution >= 0.6 is 11.6 Å². The third-order valence-corrected chi connectivity index (χ3v) is 6.47. The average Bonchev–Trinajstić information content (AvgIpc) is 2.93. The number of hydrogen-bond donors (Lipinski definition) is 1. The molecule has 1 aliphatic heterocycles. The van der Waals surface area contributed by atoms with Gasteiger partial charge in [-0.2, -0.15) is 0 Å². The molecule has 4 nitrogen and oxygen atoms in total. The fraction of sp³-hybridized carbons (Fsp3) is 0.316. The third kappa shape index (κ3) is 4.83. The zero-order chi connectivity index (χ0) is 17.9. The lowest BCUT2D eigenvalue weighted by Crippen LogP contribution is -2.39. The summed E-state index contributed by atoms with van der Waals surface area (Å²) in [6, 6.07) is 16.7. The Morgan fingerprint density at radius 1 is 1.12 bits per heavy atom. The molecule has 0 spiro atoms. The lowest BCUT2D eigenvalue weighted by atomic mass is 9.91. The van der Waals surface area contributed by atoms with E-state index in [1.165, 1.54) is 0 Å². The molecule has 2 aromatic carbocycles. The highest BCUT2D eigenvalue weighted by molar-refractivity contribution is 7.91. The Bertz CT molecular complexity index is 835. The first-order valence-electron chi connectivity index (χ1n) is 8.23. The van der Waals surface area contributed by atoms with E-state index in [0.717, 1.165) is 11.1 Å². The normalized spacial score (nSPS) is 20.1. The van der Waals surface area contributed by atoms with Crippen molar-refractivity contribution in [2.45, 2.75) is 24.8 Å². The van der Waals surface area contributed by atoms with Gasteiger partial charge in [-0.3, -0.25) is 4.79 Å². The Morgan fingerprint density at radius 2 is 1.80 bits per heavy atom. The predicted molar refractivity (Wildman–Crippen MR) is 99.5 cm³/mol. The van der Waals surface area contributed by atoms with Crippen LogP contribution in [0.1, 0.15) is 23.5 Å². The van der Waals surface area contributed by atoms with Crippen LogP contribution in [-0.4, -0.2) is 31.9 Å². The van der Waals surface area contributed by atoms with Crippen molar-refractivity contribution >= 4 is 27.3 Å². The van der Waals surface area contributed by atoms with Gasteiger partial charge in [-0.1, -0.05) is 54.1 Å². The molecule has 2 aromatic rings. The highest BCUT2D eigenvalue weighted by Crippen LogP contribution is 2.24. The van der Waals surface area contributed by atoms with Crippen LogP contribution in [0.15, 0.2) is 54.6 Å². The van der Waals surface area contributed by atoms with E-state index in [0.29, 0.717) is 17.9 Å². The van der Waals surface area contributed by atoms with Crippen molar-refractivity contribution < 1.29 is 13.2 Å². The molecule has 0 saturated carbocycles. The second-order valence-corrected chi connectivity index (χ2v) is 9.07. The zero-order valence-electron chi connectivity index (χ0n) is 13.7. The summed E-state index contributed by atoms with van der Waals surface area (Å²) in [5.41, 5.74) is 1.92. The van der Waals surface area contributed by atoms with Crippen molar-refractivity contribution in [3.05, 3.63) is 70.7 Å². The molecule has 1 fully saturated rings. The monoisotopic (exact) mass is 377 g/mol. The van der Waals surface area contributed by atoms with E-state index in [-0.39, 0.29) is 29.4 Å². The average molecular weight is 378 g/mol. The topological polar surface area (TPSA) is 63.2 Å². The van der Waals surface area contributed by atoms with Gasteiger partial charge < -0.3 is 5.32 Å². The minimum atomic E-state index is -3.03. The lowest BCUT2D eigenvalue weighted by Gasteiger charge is -2.20. The standard InChI is InChI=1S/C19H20ClNO3S/c20-16-8-6-15(7-9-16)18(12-14-4-2-1-3-5-14)19(22)21-17-10-11-25(23,24)13-17/h1-9,17-18H,10-13H2,(H,21,22). The summed E-state index contributed by atoms with van der Waals surface area (Å²) in [4.78, 5) is 12.9. The smallest absolute Gasteiger partial charge is 0.228 e. The number of benzene rings is 2. The fourth-order valence-electron chi connectivity index (χ4n) is 3.12. The number of carbonyl (C=O) groups is 1. The number of rotatable bonds is 5. The maximum absolute atomic E-state index is 12.9. The Balaban J connectivity index is 1.80. The van der Waals surface area contributed by atoms with Crippen molar-refractivity contribution in [3.63, 3.8) is 0 Å². The van der Waals surface area contributed by atoms with E-state index < -0.39 is 9.84 Å². The van der Waals surface area contributed by atoms with E-state index in [4.69, 9.17) is 11.6 Å². The zero-order valence-corrected chi connectivity index (χ0v) is 15.3. The molecule has 1 heterocycles. The fourth-order valence-corrected chi connectivity index (χ4v) is 4.92. The molecule has 25 heavy (non-hydrogen) atoms. The second-order valence-electron chi connectivity index (χ2n) is 6.40. The van der Waals surface area contributed by atoms with Crippen molar-refractivity contribution in [1.29, 1.82) is 0 Å². The minimum Gasteiger partial charge on any atom is -0.352 e. The van der Waals surface area contributed by atoms with Gasteiger partial charge in [-0.25, -0.2) is 8.42 Å². The van der Waals surface area contributed by atoms with Crippen molar-refractivity contribution in [2.24, 2.45) is 0 Å². The summed E-state index contributed by atoms with van der Waals surface area (Å²) < 4.78 is 23.2. The van der Waals surface area contributed by atoms with Gasteiger partial charge >= 0.3 is 0 Å². The molecule has 0 radical (unpaired) electrons. The van der Waals surface area contributed by atoms with Crippen molar-refractivity contribution in [3.8, 4) is 0 Å². The summed E-state index contributed by atoms with van der Waals surface area (Å²) in [6.45, 7) is 0. The van der Waals surface area contributed by atoms with Gasteiger partial charge in [0.25, 0.3) is 0 Å². The summed E-state index contributed by atoms with van der Waals surface area (Å²) in [5, 5.41) is 3.53. The molecular formula is C19H20ClNO3S. The van der Waals surface area contributed by atoms with Gasteiger partial charge in [0.2, 0.25) is 5.91 Å². The van der Waals surface area contributed by atoms with E-state index in [1.807, 2.05) is 42.5 Å². The number of amides is 1. The van der Waals surface area contributed by atoms with Crippen molar-refractivity contribution in [1.82, 2.24) is 5.32 Å². The molecule has 6 heteroatoms. The van der Waals surface area contributed by atoms with E-state index >= 15 is 0 Å². The maximum Gasteiger partial charge on any atom is 0.228 e. The molecule has 0 aliphatic carbocycles. The minimum absolute atomic E-state index is 0.0252. The number of hydrogen-bond acceptors (Lipinski definition) is 3. The molecule has 2 atom stereocenters. The summed E-state index contributed by atoms with van der Waals surface area (Å²) >= 11 is 5.96. The first kappa shape index (κ1) is 18.0. The molecule has 2 unspecified atom stereocenters. The van der Waals surface area contributed by atoms with Crippen LogP contribution in [0.5, 0.6) is 0 Å². The first-order valence-corrected chi connectivity index (χ1v) is 10.4. The maximum atomic E-state index is 12.9. The molecule has 1 saturated heterocycles. The van der Waals surface area contributed by atoms with E-state index in [1.54, 1.807) is 12.1 Å². The Labute approximate surface area is 153 Å². The van der Waals surface area contributed by atoms with Gasteiger partial charge in [0.1, 0.15) is 0 Å². The summed E-state index contributed by atoms with van der Waals surface area (Å²) in [6.07, 6.45) is 1.03. The Morgan fingerprint density at radius 3 is 2.40 bits per heavy atom. The second kappa shape index (κ2) is 7.58. The quantitative estimate of drug-likeness (QED) is 0.871. The van der Waals surface area contributed by atoms with Gasteiger partial charge in [0.05, 0.1) is 17.4 Å². The van der Waals surface area contributed by atoms with Crippen LogP contribution in [0, 0.1) is 0 Å². The highest BCUT2D eigenvalue weighted by atomic mass is 35.5. The van der Waals surface area contributed by atoms with Crippen molar-refractivity contribution in [2.75, 3.05) is 11.5 Å². The SMILES string of the molecule is O=C(NC1CCS(=O)(=O)C1)C(Cc1ccccc1)c1ccc(Cl)cc1. The van der Waals surface area contributed by atoms with Gasteiger partial charge in [0.15, 0.2) is 9.84 Å². The van der Waals surface area contributed by atoms with Gasteiger partial charge in [0, 0.05) is 11.1 Å². The van der Waals surface area contributed by atoms with Crippen LogP contribution < -0.4 is 5.32 Å². The molecule has 1 aliphatic rings. The summed E-state index contributed by atoms with van der Waals surface area (Å²) in [5.74, 6) is -0.365. The Kier molecular flexibility index (Phi) is 5.45. The molecular weight excluding hydrogens is 358 g/mol. The molecule has 1 N–H and O–H groups in total. The van der Waals surface area contributed by atoms with Crippen LogP contribution in [0.3, 0.4) is 0 Å². The van der Waals surface area contributed by atoms with Gasteiger partial charge in [-0.05, 0) is 36.1 Å². The van der Waals surface area contributed by atoms with E-state index in [2.05, 4.69) is 5.32 Å². The van der Waals surface area contributed by atoms with Crippen LogP contribution in [0.2, 0.25) is 5.02 Å².